The van der Waals surface area contributed by atoms with Crippen molar-refractivity contribution in [1.29, 1.82) is 5.26 Å². The van der Waals surface area contributed by atoms with Crippen molar-refractivity contribution in [3.05, 3.63) is 51.4 Å². The number of aryl methyl sites for hydroxylation is 1. The number of ether oxygens (including phenoxy) is 1. The highest BCUT2D eigenvalue weighted by Gasteiger charge is 2.18. The monoisotopic (exact) mass is 436 g/mol. The molecule has 31 heavy (non-hydrogen) atoms. The first-order chi connectivity index (χ1) is 15.1. The van der Waals surface area contributed by atoms with E-state index in [1.807, 2.05) is 31.2 Å². The van der Waals surface area contributed by atoms with Gasteiger partial charge in [-0.1, -0.05) is 0 Å². The third-order valence-electron chi connectivity index (χ3n) is 4.47. The number of nitrogens with zero attached hydrogens (tertiary/aromatic N) is 3. The van der Waals surface area contributed by atoms with Gasteiger partial charge in [0.2, 0.25) is 0 Å². The van der Waals surface area contributed by atoms with Crippen molar-refractivity contribution in [2.75, 3.05) is 18.5 Å². The Hall–Kier alpha value is -3.66. The third-order valence-corrected chi connectivity index (χ3v) is 5.40. The maximum Gasteiger partial charge on any atom is 0.261 e. The second kappa shape index (κ2) is 11.5. The number of aliphatic imine (C=N–C) groups is 1. The number of nitriles is 1. The van der Waals surface area contributed by atoms with Gasteiger partial charge in [-0.2, -0.15) is 0 Å². The van der Waals surface area contributed by atoms with Crippen molar-refractivity contribution < 1.29 is 4.74 Å². The van der Waals surface area contributed by atoms with Crippen LogP contribution in [0, 0.1) is 31.6 Å². The minimum absolute atomic E-state index is 0.156. The Morgan fingerprint density at radius 1 is 1.39 bits per heavy atom. The van der Waals surface area contributed by atoms with E-state index in [4.69, 9.17) is 15.7 Å². The number of aromatic nitrogens is 2. The Bertz CT molecular complexity index is 1130. The first-order valence-corrected chi connectivity index (χ1v) is 10.3. The third kappa shape index (κ3) is 5.92. The number of nitrogens with two attached hydrogens (primary N) is 1. The summed E-state index contributed by atoms with van der Waals surface area (Å²) in [5.41, 5.74) is 8.61. The van der Waals surface area contributed by atoms with Crippen molar-refractivity contribution in [3.8, 4) is 19.4 Å². The fraction of sp³-hybridized carbons (Fsp3) is 0.273. The van der Waals surface area contributed by atoms with Crippen LogP contribution < -0.4 is 16.6 Å². The molecule has 0 amide bonds. The van der Waals surface area contributed by atoms with E-state index in [0.717, 1.165) is 34.7 Å². The molecule has 3 heterocycles. The van der Waals surface area contributed by atoms with Crippen molar-refractivity contribution in [2.45, 2.75) is 25.8 Å². The molecule has 1 aliphatic heterocycles. The van der Waals surface area contributed by atoms with E-state index in [2.05, 4.69) is 39.7 Å². The molecule has 1 aromatic carbocycles. The van der Waals surface area contributed by atoms with Gasteiger partial charge in [0.05, 0.1) is 33.2 Å². The topological polar surface area (TPSA) is 129 Å². The standard InChI is InChI=1S/C19H21N5O2S.C2H2.CHN/c1-11-22-14-5-4-12(9-16(14)27-11)24-18(20)17-15(6-7-21-19(17)25)23-13-3-2-8-26-10-13;2*1-2/h4-7,9,13H,2-3,8,10H2,1H3,(H2,20,24)(H2,21,23,25);1-2H;1H/t13-;;/m1../s1. The van der Waals surface area contributed by atoms with Gasteiger partial charge in [-0.25, -0.2) is 15.2 Å². The largest absolute Gasteiger partial charge is 0.383 e. The number of benzene rings is 1. The average molecular weight is 437 g/mol. The number of aromatic amines is 1. The highest BCUT2D eigenvalue weighted by Crippen LogP contribution is 2.26. The Kier molecular flexibility index (Phi) is 8.77. The normalized spacial score (nSPS) is 15.8. The predicted octanol–water partition coefficient (Wildman–Crippen LogP) is 3.31. The molecule has 1 saturated heterocycles. The highest BCUT2D eigenvalue weighted by molar-refractivity contribution is 7.18. The Morgan fingerprint density at radius 3 is 2.87 bits per heavy atom. The Balaban J connectivity index is 0.000000807. The molecule has 9 heteroatoms. The fourth-order valence-corrected chi connectivity index (χ4v) is 4.08. The van der Waals surface area contributed by atoms with Gasteiger partial charge in [0.15, 0.2) is 0 Å². The van der Waals surface area contributed by atoms with Crippen molar-refractivity contribution >= 4 is 38.8 Å². The van der Waals surface area contributed by atoms with E-state index in [1.54, 1.807) is 17.5 Å². The minimum Gasteiger partial charge on any atom is -0.383 e. The summed E-state index contributed by atoms with van der Waals surface area (Å²) >= 11 is 1.60. The SMILES string of the molecule is C#C.C#N.Cc1nc2ccc(N=C(N)c3c(N[C@@H]4CCCOC4)cc[nH]c3=O)cc2s1. The molecule has 0 aliphatic carbocycles. The number of H-pyrrole nitrogens is 1. The lowest BCUT2D eigenvalue weighted by Crippen LogP contribution is -2.33. The number of anilines is 1. The molecule has 0 spiro atoms. The van der Waals surface area contributed by atoms with E-state index in [1.165, 1.54) is 0 Å². The number of fused-ring (bicyclic) bond motifs is 1. The number of hydrogen-bond donors (Lipinski definition) is 3. The van der Waals surface area contributed by atoms with Crippen LogP contribution in [-0.4, -0.2) is 35.1 Å². The summed E-state index contributed by atoms with van der Waals surface area (Å²) in [4.78, 5) is 24.0. The van der Waals surface area contributed by atoms with Crippen LogP contribution in [-0.2, 0) is 4.74 Å². The van der Waals surface area contributed by atoms with Crippen molar-refractivity contribution in [2.24, 2.45) is 10.7 Å². The lowest BCUT2D eigenvalue weighted by Gasteiger charge is -2.25. The minimum atomic E-state index is -0.271. The van der Waals surface area contributed by atoms with E-state index >= 15 is 0 Å². The molecule has 2 aromatic heterocycles. The number of rotatable bonds is 4. The number of amidine groups is 1. The smallest absolute Gasteiger partial charge is 0.261 e. The number of terminal acetylenes is 1. The van der Waals surface area contributed by atoms with E-state index in [9.17, 15) is 4.79 Å². The van der Waals surface area contributed by atoms with Crippen LogP contribution in [0.1, 0.15) is 23.4 Å². The van der Waals surface area contributed by atoms with E-state index < -0.39 is 0 Å². The first kappa shape index (κ1) is 23.6. The van der Waals surface area contributed by atoms with Crippen LogP contribution in [0.3, 0.4) is 0 Å². The first-order valence-electron chi connectivity index (χ1n) is 9.47. The highest BCUT2D eigenvalue weighted by atomic mass is 32.1. The van der Waals surface area contributed by atoms with Crippen LogP contribution in [0.15, 0.2) is 40.2 Å². The molecule has 1 aliphatic rings. The van der Waals surface area contributed by atoms with Crippen LogP contribution in [0.2, 0.25) is 0 Å². The molecular weight excluding hydrogens is 412 g/mol. The molecule has 1 atom stereocenters. The van der Waals surface area contributed by atoms with Crippen LogP contribution in [0.5, 0.6) is 0 Å². The van der Waals surface area contributed by atoms with Gasteiger partial charge in [-0.3, -0.25) is 4.79 Å². The molecule has 160 valence electrons. The second-order valence-corrected chi connectivity index (χ2v) is 7.77. The van der Waals surface area contributed by atoms with Gasteiger partial charge in [0.25, 0.3) is 5.56 Å². The molecule has 3 aromatic rings. The molecule has 0 radical (unpaired) electrons. The molecule has 4 N–H and O–H groups in total. The summed E-state index contributed by atoms with van der Waals surface area (Å²) < 4.78 is 6.55. The zero-order valence-corrected chi connectivity index (χ0v) is 18.0. The fourth-order valence-electron chi connectivity index (χ4n) is 3.22. The average Bonchev–Trinajstić information content (AvgIpc) is 3.16. The van der Waals surface area contributed by atoms with Gasteiger partial charge >= 0.3 is 0 Å². The van der Waals surface area contributed by atoms with Crippen LogP contribution in [0.25, 0.3) is 10.2 Å². The summed E-state index contributed by atoms with van der Waals surface area (Å²) in [6, 6.07) is 7.67. The van der Waals surface area contributed by atoms with Gasteiger partial charge in [0, 0.05) is 25.4 Å². The quantitative estimate of drug-likeness (QED) is 0.327. The zero-order valence-electron chi connectivity index (χ0n) is 17.2. The van der Waals surface area contributed by atoms with E-state index in [-0.39, 0.29) is 17.4 Å². The van der Waals surface area contributed by atoms with Crippen molar-refractivity contribution in [3.63, 3.8) is 0 Å². The second-order valence-electron chi connectivity index (χ2n) is 6.54. The lowest BCUT2D eigenvalue weighted by molar-refractivity contribution is 0.0876. The maximum atomic E-state index is 12.4. The van der Waals surface area contributed by atoms with Crippen LogP contribution >= 0.6 is 11.3 Å². The summed E-state index contributed by atoms with van der Waals surface area (Å²) in [6.07, 6.45) is 11.6. The Labute approximate surface area is 184 Å². The lowest BCUT2D eigenvalue weighted by atomic mass is 10.1. The summed E-state index contributed by atoms with van der Waals surface area (Å²) in [7, 11) is 0. The molecular formula is C22H24N6O2S. The van der Waals surface area contributed by atoms with Gasteiger partial charge < -0.3 is 20.8 Å². The molecule has 1 fully saturated rings. The maximum absolute atomic E-state index is 12.4. The number of hydrogen-bond acceptors (Lipinski definition) is 7. The molecule has 0 unspecified atom stereocenters. The van der Waals surface area contributed by atoms with Crippen molar-refractivity contribution in [1.82, 2.24) is 9.97 Å². The molecule has 0 saturated carbocycles. The number of pyridine rings is 1. The Morgan fingerprint density at radius 2 is 2.16 bits per heavy atom. The molecule has 4 rings (SSSR count). The zero-order chi connectivity index (χ0) is 22.8. The van der Waals surface area contributed by atoms with Gasteiger partial charge in [-0.05, 0) is 44.0 Å². The molecule has 0 bridgehead atoms. The number of thiazole rings is 1. The summed E-state index contributed by atoms with van der Waals surface area (Å²) in [6.45, 7) is 6.87. The number of nitrogens with one attached hydrogen (secondary N) is 2. The van der Waals surface area contributed by atoms with Crippen LogP contribution in [0.4, 0.5) is 11.4 Å². The predicted molar refractivity (Wildman–Crippen MR) is 126 cm³/mol. The van der Waals surface area contributed by atoms with E-state index in [0.29, 0.717) is 23.5 Å². The van der Waals surface area contributed by atoms with Gasteiger partial charge in [0.1, 0.15) is 11.4 Å². The molecule has 8 nitrogen and oxygen atoms in total. The van der Waals surface area contributed by atoms with Gasteiger partial charge in [-0.15, -0.1) is 24.2 Å². The summed E-state index contributed by atoms with van der Waals surface area (Å²) in [5, 5.41) is 10.9. The summed E-state index contributed by atoms with van der Waals surface area (Å²) in [5.74, 6) is 0.177.